The van der Waals surface area contributed by atoms with Crippen molar-refractivity contribution in [2.24, 2.45) is 0 Å². The number of nitrogens with zero attached hydrogens (tertiary/aromatic N) is 4. The number of anilines is 3. The predicted molar refractivity (Wildman–Crippen MR) is 151 cm³/mol. The fraction of sp³-hybridized carbons (Fsp3) is 0.621. The molecule has 0 aliphatic carbocycles. The number of para-hydroxylation sites is 1. The Morgan fingerprint density at radius 1 is 0.833 bits per heavy atom. The SMILES string of the molecule is CCCCN(CCCC)c1nc(C)nc(OCC)c1NC(=O)CCCCN(CCC)c1ccccc1. The van der Waals surface area contributed by atoms with Crippen LogP contribution in [0.15, 0.2) is 30.3 Å². The first-order valence-electron chi connectivity index (χ1n) is 13.9. The lowest BCUT2D eigenvalue weighted by molar-refractivity contribution is -0.116. The number of carbonyl (C=O) groups excluding carboxylic acids is 1. The number of amides is 1. The van der Waals surface area contributed by atoms with Gasteiger partial charge in [-0.3, -0.25) is 4.79 Å². The third-order valence-electron chi connectivity index (χ3n) is 6.07. The van der Waals surface area contributed by atoms with Crippen LogP contribution < -0.4 is 19.9 Å². The normalized spacial score (nSPS) is 10.8. The maximum absolute atomic E-state index is 13.0. The van der Waals surface area contributed by atoms with Crippen molar-refractivity contribution in [2.45, 2.75) is 86.0 Å². The van der Waals surface area contributed by atoms with Crippen LogP contribution in [-0.4, -0.2) is 48.7 Å². The molecule has 1 amide bonds. The third kappa shape index (κ3) is 9.67. The molecule has 2 rings (SSSR count). The topological polar surface area (TPSA) is 70.6 Å². The molecule has 0 spiro atoms. The van der Waals surface area contributed by atoms with Crippen molar-refractivity contribution in [3.8, 4) is 5.88 Å². The molecule has 0 aliphatic rings. The summed E-state index contributed by atoms with van der Waals surface area (Å²) >= 11 is 0. The van der Waals surface area contributed by atoms with E-state index in [1.54, 1.807) is 0 Å². The number of hydrogen-bond donors (Lipinski definition) is 1. The number of ether oxygens (including phenoxy) is 1. The second-order valence-corrected chi connectivity index (χ2v) is 9.23. The number of benzene rings is 1. The van der Waals surface area contributed by atoms with Gasteiger partial charge in [-0.1, -0.05) is 51.8 Å². The Bertz CT molecular complexity index is 883. The van der Waals surface area contributed by atoms with Crippen LogP contribution in [0, 0.1) is 6.92 Å². The minimum absolute atomic E-state index is 0.0164. The van der Waals surface area contributed by atoms with Gasteiger partial charge < -0.3 is 19.9 Å². The fourth-order valence-corrected chi connectivity index (χ4v) is 4.20. The van der Waals surface area contributed by atoms with Gasteiger partial charge in [-0.25, -0.2) is 4.98 Å². The Hall–Kier alpha value is -2.83. The van der Waals surface area contributed by atoms with Crippen LogP contribution in [0.2, 0.25) is 0 Å². The fourth-order valence-electron chi connectivity index (χ4n) is 4.20. The van der Waals surface area contributed by atoms with E-state index in [9.17, 15) is 4.79 Å². The summed E-state index contributed by atoms with van der Waals surface area (Å²) in [6.45, 7) is 14.6. The Morgan fingerprint density at radius 3 is 2.11 bits per heavy atom. The molecule has 0 saturated carbocycles. The van der Waals surface area contributed by atoms with Crippen LogP contribution in [0.25, 0.3) is 0 Å². The lowest BCUT2D eigenvalue weighted by Gasteiger charge is -2.27. The summed E-state index contributed by atoms with van der Waals surface area (Å²) in [4.78, 5) is 27.0. The summed E-state index contributed by atoms with van der Waals surface area (Å²) in [7, 11) is 0. The first kappa shape index (κ1) is 29.4. The average molecular weight is 498 g/mol. The van der Waals surface area contributed by atoms with Gasteiger partial charge in [0, 0.05) is 38.3 Å². The van der Waals surface area contributed by atoms with Crippen LogP contribution in [0.1, 0.15) is 84.9 Å². The molecule has 0 saturated heterocycles. The molecule has 0 aliphatic heterocycles. The van der Waals surface area contributed by atoms with Gasteiger partial charge in [-0.15, -0.1) is 0 Å². The smallest absolute Gasteiger partial charge is 0.243 e. The molecule has 0 unspecified atom stereocenters. The van der Waals surface area contributed by atoms with Crippen LogP contribution in [-0.2, 0) is 4.79 Å². The highest BCUT2D eigenvalue weighted by Gasteiger charge is 2.21. The van der Waals surface area contributed by atoms with Gasteiger partial charge in [0.15, 0.2) is 5.82 Å². The molecule has 0 atom stereocenters. The zero-order valence-corrected chi connectivity index (χ0v) is 23.2. The van der Waals surface area contributed by atoms with Crippen molar-refractivity contribution in [2.75, 3.05) is 47.9 Å². The van der Waals surface area contributed by atoms with Crippen LogP contribution in [0.4, 0.5) is 17.2 Å². The highest BCUT2D eigenvalue weighted by Crippen LogP contribution is 2.33. The maximum Gasteiger partial charge on any atom is 0.243 e. The standard InChI is InChI=1S/C29H47N5O2/c1-6-10-21-34(22-11-7-2)28-27(29(36-9-4)31-24(5)30-28)32-26(35)19-15-16-23-33(20-8-3)25-17-13-12-14-18-25/h12-14,17-18H,6-11,15-16,19-23H2,1-5H3,(H,32,35). The average Bonchev–Trinajstić information content (AvgIpc) is 2.88. The summed E-state index contributed by atoms with van der Waals surface area (Å²) < 4.78 is 5.85. The van der Waals surface area contributed by atoms with Crippen molar-refractivity contribution < 1.29 is 9.53 Å². The van der Waals surface area contributed by atoms with Crippen LogP contribution >= 0.6 is 0 Å². The lowest BCUT2D eigenvalue weighted by Crippen LogP contribution is -2.29. The molecule has 200 valence electrons. The van der Waals surface area contributed by atoms with Crippen molar-refractivity contribution in [1.82, 2.24) is 9.97 Å². The van der Waals surface area contributed by atoms with E-state index in [1.807, 2.05) is 19.9 Å². The second kappa shape index (κ2) is 16.8. The number of rotatable bonds is 18. The second-order valence-electron chi connectivity index (χ2n) is 9.23. The summed E-state index contributed by atoms with van der Waals surface area (Å²) in [5.74, 6) is 1.88. The van der Waals surface area contributed by atoms with Gasteiger partial charge in [0.05, 0.1) is 6.61 Å². The molecule has 1 aromatic carbocycles. The Balaban J connectivity index is 2.09. The molecule has 36 heavy (non-hydrogen) atoms. The van der Waals surface area contributed by atoms with Gasteiger partial charge in [0.25, 0.3) is 0 Å². The molecule has 0 radical (unpaired) electrons. The lowest BCUT2D eigenvalue weighted by atomic mass is 10.2. The van der Waals surface area contributed by atoms with Crippen molar-refractivity contribution in [1.29, 1.82) is 0 Å². The number of carbonyl (C=O) groups is 1. The number of aryl methyl sites for hydroxylation is 1. The van der Waals surface area contributed by atoms with E-state index >= 15 is 0 Å². The van der Waals surface area contributed by atoms with E-state index in [4.69, 9.17) is 9.72 Å². The Labute approximate surface area is 218 Å². The molecule has 1 heterocycles. The van der Waals surface area contributed by atoms with Crippen molar-refractivity contribution in [3.05, 3.63) is 36.2 Å². The molecule has 7 heteroatoms. The molecule has 1 aromatic heterocycles. The molecule has 1 N–H and O–H groups in total. The van der Waals surface area contributed by atoms with Crippen molar-refractivity contribution in [3.63, 3.8) is 0 Å². The number of aromatic nitrogens is 2. The zero-order chi connectivity index (χ0) is 26.2. The van der Waals surface area contributed by atoms with E-state index < -0.39 is 0 Å². The van der Waals surface area contributed by atoms with E-state index in [2.05, 4.69) is 65.1 Å². The first-order valence-corrected chi connectivity index (χ1v) is 13.9. The van der Waals surface area contributed by atoms with E-state index in [0.29, 0.717) is 30.4 Å². The Kier molecular flexibility index (Phi) is 13.7. The quantitative estimate of drug-likeness (QED) is 0.234. The minimum atomic E-state index is -0.0164. The molecule has 7 nitrogen and oxygen atoms in total. The zero-order valence-electron chi connectivity index (χ0n) is 23.2. The molecule has 2 aromatic rings. The van der Waals surface area contributed by atoms with E-state index in [0.717, 1.165) is 76.9 Å². The monoisotopic (exact) mass is 497 g/mol. The van der Waals surface area contributed by atoms with Gasteiger partial charge in [-0.2, -0.15) is 4.98 Å². The molecule has 0 bridgehead atoms. The highest BCUT2D eigenvalue weighted by molar-refractivity contribution is 5.95. The van der Waals surface area contributed by atoms with E-state index in [1.165, 1.54) is 5.69 Å². The summed E-state index contributed by atoms with van der Waals surface area (Å²) in [5, 5.41) is 3.13. The number of unbranched alkanes of at least 4 members (excludes halogenated alkanes) is 3. The summed E-state index contributed by atoms with van der Waals surface area (Å²) in [6, 6.07) is 10.5. The largest absolute Gasteiger partial charge is 0.476 e. The van der Waals surface area contributed by atoms with Gasteiger partial charge >= 0.3 is 0 Å². The number of hydrogen-bond acceptors (Lipinski definition) is 6. The summed E-state index contributed by atoms with van der Waals surface area (Å²) in [5.41, 5.74) is 1.85. The minimum Gasteiger partial charge on any atom is -0.476 e. The van der Waals surface area contributed by atoms with Crippen molar-refractivity contribution >= 4 is 23.1 Å². The van der Waals surface area contributed by atoms with Crippen LogP contribution in [0.3, 0.4) is 0 Å². The Morgan fingerprint density at radius 2 is 1.50 bits per heavy atom. The third-order valence-corrected chi connectivity index (χ3v) is 6.07. The van der Waals surface area contributed by atoms with Crippen LogP contribution in [0.5, 0.6) is 5.88 Å². The predicted octanol–water partition coefficient (Wildman–Crippen LogP) is 6.62. The van der Waals surface area contributed by atoms with Gasteiger partial charge in [0.1, 0.15) is 11.5 Å². The molecule has 0 fully saturated rings. The van der Waals surface area contributed by atoms with Gasteiger partial charge in [-0.05, 0) is 58.1 Å². The maximum atomic E-state index is 13.0. The molecular formula is C29H47N5O2. The number of nitrogens with one attached hydrogen (secondary N) is 1. The highest BCUT2D eigenvalue weighted by atomic mass is 16.5. The van der Waals surface area contributed by atoms with E-state index in [-0.39, 0.29) is 5.91 Å². The first-order chi connectivity index (χ1) is 17.5. The summed E-state index contributed by atoms with van der Waals surface area (Å²) in [6.07, 6.45) is 7.67. The van der Waals surface area contributed by atoms with Gasteiger partial charge in [0.2, 0.25) is 11.8 Å². The molecular weight excluding hydrogens is 450 g/mol.